The molecule has 3 rings (SSSR count). The van der Waals surface area contributed by atoms with Gasteiger partial charge in [0, 0.05) is 28.8 Å². The standard InChI is InChI=1S/C19H17NO4/c1-11-5-3-4-6-14(11)16-10-18(21)24-17-9-13(7-8-15(16)17)20-12(2)19(22)23/h3-10,12,20H,1-2H3,(H,22,23)/t12-/m0/s1. The van der Waals surface area contributed by atoms with Gasteiger partial charge >= 0.3 is 11.6 Å². The number of carboxylic acids is 1. The highest BCUT2D eigenvalue weighted by Gasteiger charge is 2.13. The number of aryl methyl sites for hydroxylation is 1. The Labute approximate surface area is 138 Å². The molecule has 1 heterocycles. The average molecular weight is 323 g/mol. The number of fused-ring (bicyclic) bond motifs is 1. The second kappa shape index (κ2) is 6.20. The zero-order valence-electron chi connectivity index (χ0n) is 13.4. The van der Waals surface area contributed by atoms with Crippen molar-refractivity contribution in [3.05, 3.63) is 64.5 Å². The van der Waals surface area contributed by atoms with E-state index in [0.29, 0.717) is 11.3 Å². The number of carboxylic acid groups (broad SMARTS) is 1. The van der Waals surface area contributed by atoms with Crippen LogP contribution in [0.2, 0.25) is 0 Å². The van der Waals surface area contributed by atoms with Crippen molar-refractivity contribution in [2.24, 2.45) is 0 Å². The highest BCUT2D eigenvalue weighted by Crippen LogP contribution is 2.31. The van der Waals surface area contributed by atoms with Gasteiger partial charge in [0.05, 0.1) is 0 Å². The first kappa shape index (κ1) is 15.8. The molecule has 1 aromatic heterocycles. The maximum absolute atomic E-state index is 11.9. The van der Waals surface area contributed by atoms with Gasteiger partial charge in [0.2, 0.25) is 0 Å². The summed E-state index contributed by atoms with van der Waals surface area (Å²) in [6, 6.07) is 13.8. The molecule has 0 bridgehead atoms. The normalized spacial score (nSPS) is 12.1. The third-order valence-electron chi connectivity index (χ3n) is 3.93. The van der Waals surface area contributed by atoms with Gasteiger partial charge in [0.1, 0.15) is 11.6 Å². The van der Waals surface area contributed by atoms with Gasteiger partial charge < -0.3 is 14.8 Å². The molecule has 5 heteroatoms. The minimum Gasteiger partial charge on any atom is -0.480 e. The molecule has 5 nitrogen and oxygen atoms in total. The van der Waals surface area contributed by atoms with Gasteiger partial charge in [-0.15, -0.1) is 0 Å². The van der Waals surface area contributed by atoms with Crippen molar-refractivity contribution < 1.29 is 14.3 Å². The summed E-state index contributed by atoms with van der Waals surface area (Å²) in [5, 5.41) is 12.7. The molecule has 0 saturated carbocycles. The van der Waals surface area contributed by atoms with E-state index in [1.54, 1.807) is 19.1 Å². The van der Waals surface area contributed by atoms with Crippen LogP contribution in [0.1, 0.15) is 12.5 Å². The predicted octanol–water partition coefficient (Wildman–Crippen LogP) is 3.65. The van der Waals surface area contributed by atoms with E-state index in [-0.39, 0.29) is 0 Å². The van der Waals surface area contributed by atoms with Crippen LogP contribution in [0.4, 0.5) is 5.69 Å². The van der Waals surface area contributed by atoms with E-state index >= 15 is 0 Å². The molecule has 0 amide bonds. The van der Waals surface area contributed by atoms with Crippen LogP contribution in [0.3, 0.4) is 0 Å². The van der Waals surface area contributed by atoms with Crippen LogP contribution in [-0.4, -0.2) is 17.1 Å². The van der Waals surface area contributed by atoms with Crippen molar-refractivity contribution in [3.8, 4) is 11.1 Å². The topological polar surface area (TPSA) is 79.5 Å². The van der Waals surface area contributed by atoms with Crippen LogP contribution in [0, 0.1) is 6.92 Å². The number of hydrogen-bond donors (Lipinski definition) is 2. The van der Waals surface area contributed by atoms with Crippen molar-refractivity contribution >= 4 is 22.6 Å². The quantitative estimate of drug-likeness (QED) is 0.716. The summed E-state index contributed by atoms with van der Waals surface area (Å²) in [5.41, 5.74) is 3.40. The van der Waals surface area contributed by atoms with Crippen molar-refractivity contribution in [3.63, 3.8) is 0 Å². The summed E-state index contributed by atoms with van der Waals surface area (Å²) in [6.45, 7) is 3.53. The number of aliphatic carboxylic acids is 1. The van der Waals surface area contributed by atoms with Gasteiger partial charge in [-0.2, -0.15) is 0 Å². The minimum atomic E-state index is -0.954. The molecular weight excluding hydrogens is 306 g/mol. The summed E-state index contributed by atoms with van der Waals surface area (Å²) in [5.74, 6) is -0.954. The highest BCUT2D eigenvalue weighted by molar-refractivity contribution is 5.95. The number of carbonyl (C=O) groups is 1. The number of rotatable bonds is 4. The molecule has 0 radical (unpaired) electrons. The lowest BCUT2D eigenvalue weighted by molar-refractivity contribution is -0.137. The van der Waals surface area contributed by atoms with Crippen molar-refractivity contribution in [1.29, 1.82) is 0 Å². The van der Waals surface area contributed by atoms with E-state index in [4.69, 9.17) is 9.52 Å². The van der Waals surface area contributed by atoms with Gasteiger partial charge in [0.25, 0.3) is 0 Å². The minimum absolute atomic E-state index is 0.420. The number of benzene rings is 2. The predicted molar refractivity (Wildman–Crippen MR) is 93.4 cm³/mol. The van der Waals surface area contributed by atoms with Crippen LogP contribution in [-0.2, 0) is 4.79 Å². The van der Waals surface area contributed by atoms with Crippen LogP contribution >= 0.6 is 0 Å². The summed E-state index contributed by atoms with van der Waals surface area (Å²) >= 11 is 0. The van der Waals surface area contributed by atoms with Gasteiger partial charge in [-0.3, -0.25) is 4.79 Å². The number of anilines is 1. The van der Waals surface area contributed by atoms with Crippen molar-refractivity contribution in [2.45, 2.75) is 19.9 Å². The molecule has 0 aliphatic heterocycles. The zero-order valence-corrected chi connectivity index (χ0v) is 13.4. The Morgan fingerprint density at radius 1 is 1.12 bits per heavy atom. The Morgan fingerprint density at radius 3 is 2.58 bits per heavy atom. The van der Waals surface area contributed by atoms with E-state index in [0.717, 1.165) is 22.1 Å². The highest BCUT2D eigenvalue weighted by atomic mass is 16.4. The Balaban J connectivity index is 2.14. The molecule has 2 aromatic carbocycles. The molecule has 3 aromatic rings. The fraction of sp³-hybridized carbons (Fsp3) is 0.158. The molecule has 2 N–H and O–H groups in total. The molecule has 0 unspecified atom stereocenters. The summed E-state index contributed by atoms with van der Waals surface area (Å²) in [4.78, 5) is 22.9. The molecule has 24 heavy (non-hydrogen) atoms. The monoisotopic (exact) mass is 323 g/mol. The Bertz CT molecular complexity index is 975. The van der Waals surface area contributed by atoms with E-state index in [1.165, 1.54) is 6.07 Å². The summed E-state index contributed by atoms with van der Waals surface area (Å²) in [7, 11) is 0. The van der Waals surface area contributed by atoms with Gasteiger partial charge in [-0.25, -0.2) is 4.79 Å². The molecule has 0 aliphatic carbocycles. The van der Waals surface area contributed by atoms with Crippen molar-refractivity contribution in [1.82, 2.24) is 0 Å². The van der Waals surface area contributed by atoms with Crippen LogP contribution in [0.5, 0.6) is 0 Å². The van der Waals surface area contributed by atoms with Crippen molar-refractivity contribution in [2.75, 3.05) is 5.32 Å². The molecular formula is C19H17NO4. The Hall–Kier alpha value is -3.08. The molecule has 1 atom stereocenters. The second-order valence-electron chi connectivity index (χ2n) is 5.71. The smallest absolute Gasteiger partial charge is 0.336 e. The SMILES string of the molecule is Cc1ccccc1-c1cc(=O)oc2cc(N[C@@H](C)C(=O)O)ccc12. The first-order valence-electron chi connectivity index (χ1n) is 7.59. The third-order valence-corrected chi connectivity index (χ3v) is 3.93. The van der Waals surface area contributed by atoms with E-state index in [1.807, 2.05) is 37.3 Å². The Morgan fingerprint density at radius 2 is 1.88 bits per heavy atom. The van der Waals surface area contributed by atoms with Gasteiger partial charge in [-0.05, 0) is 37.1 Å². The molecule has 0 saturated heterocycles. The fourth-order valence-electron chi connectivity index (χ4n) is 2.66. The third kappa shape index (κ3) is 3.01. The zero-order chi connectivity index (χ0) is 17.3. The van der Waals surface area contributed by atoms with Gasteiger partial charge in [-0.1, -0.05) is 24.3 Å². The number of hydrogen-bond acceptors (Lipinski definition) is 4. The van der Waals surface area contributed by atoms with Crippen LogP contribution < -0.4 is 10.9 Å². The largest absolute Gasteiger partial charge is 0.480 e. The fourth-order valence-corrected chi connectivity index (χ4v) is 2.66. The summed E-state index contributed by atoms with van der Waals surface area (Å²) in [6.07, 6.45) is 0. The van der Waals surface area contributed by atoms with E-state index in [2.05, 4.69) is 5.32 Å². The molecule has 122 valence electrons. The lowest BCUT2D eigenvalue weighted by Crippen LogP contribution is -2.25. The van der Waals surface area contributed by atoms with Crippen LogP contribution in [0.15, 0.2) is 57.7 Å². The number of nitrogens with one attached hydrogen (secondary N) is 1. The van der Waals surface area contributed by atoms with E-state index in [9.17, 15) is 9.59 Å². The summed E-state index contributed by atoms with van der Waals surface area (Å²) < 4.78 is 5.30. The average Bonchev–Trinajstić information content (AvgIpc) is 2.54. The first-order valence-corrected chi connectivity index (χ1v) is 7.59. The first-order chi connectivity index (χ1) is 11.5. The van der Waals surface area contributed by atoms with Crippen LogP contribution in [0.25, 0.3) is 22.1 Å². The maximum Gasteiger partial charge on any atom is 0.336 e. The molecule has 0 aliphatic rings. The maximum atomic E-state index is 11.9. The lowest BCUT2D eigenvalue weighted by atomic mass is 9.98. The lowest BCUT2D eigenvalue weighted by Gasteiger charge is -2.12. The molecule has 0 spiro atoms. The second-order valence-corrected chi connectivity index (χ2v) is 5.71. The van der Waals surface area contributed by atoms with E-state index < -0.39 is 17.6 Å². The van der Waals surface area contributed by atoms with Gasteiger partial charge in [0.15, 0.2) is 0 Å². The Kier molecular flexibility index (Phi) is 4.08. The molecule has 0 fully saturated rings.